The first-order valence-electron chi connectivity index (χ1n) is 15.0. The van der Waals surface area contributed by atoms with E-state index < -0.39 is 23.0 Å². The maximum Gasteiger partial charge on any atom is 0.280 e. The van der Waals surface area contributed by atoms with Crippen LogP contribution in [0, 0.1) is 12.7 Å². The molecule has 6 aromatic rings. The minimum absolute atomic E-state index is 0.236. The van der Waals surface area contributed by atoms with Crippen LogP contribution in [0.5, 0.6) is 0 Å². The summed E-state index contributed by atoms with van der Waals surface area (Å²) in [6, 6.07) is 34.9. The second-order valence-electron chi connectivity index (χ2n) is 11.2. The molecular weight excluding hydrogens is 691 g/mol. The molecule has 1 fully saturated rings. The van der Waals surface area contributed by atoms with Crippen molar-refractivity contribution in [1.29, 1.82) is 0 Å². The molecule has 1 saturated heterocycles. The summed E-state index contributed by atoms with van der Waals surface area (Å²) in [5.41, 5.74) is 7.25. The van der Waals surface area contributed by atoms with Gasteiger partial charge in [0.1, 0.15) is 17.0 Å². The number of hydrogen-bond donors (Lipinski definition) is 1. The molecule has 2 amide bonds. The molecule has 0 bridgehead atoms. The number of aryl methyl sites for hydroxylation is 1. The summed E-state index contributed by atoms with van der Waals surface area (Å²) in [4.78, 5) is 46.3. The van der Waals surface area contributed by atoms with Gasteiger partial charge in [-0.25, -0.2) is 14.4 Å². The number of nitrogens with zero attached hydrogens (tertiary/aromatic N) is 3. The van der Waals surface area contributed by atoms with Crippen LogP contribution in [-0.2, 0) is 4.79 Å². The van der Waals surface area contributed by atoms with Crippen LogP contribution in [0.15, 0.2) is 135 Å². The predicted octanol–water partition coefficient (Wildman–Crippen LogP) is 8.22. The summed E-state index contributed by atoms with van der Waals surface area (Å²) in [5, 5.41) is 1.12. The minimum Gasteiger partial charge on any atom is -0.268 e. The minimum atomic E-state index is -0.623. The Morgan fingerprint density at radius 3 is 2.27 bits per heavy atom. The van der Waals surface area contributed by atoms with Gasteiger partial charge >= 0.3 is 0 Å². The molecule has 0 saturated carbocycles. The topological polar surface area (TPSA) is 84.3 Å². The molecule has 1 aliphatic rings. The molecular formula is C38H26BrFN4O3S. The van der Waals surface area contributed by atoms with E-state index in [9.17, 15) is 18.8 Å². The number of thioether (sulfide) groups is 1. The summed E-state index contributed by atoms with van der Waals surface area (Å²) >= 11 is 4.69. The molecule has 1 atom stereocenters. The molecule has 1 aromatic heterocycles. The lowest BCUT2D eigenvalue weighted by Crippen LogP contribution is -2.44. The smallest absolute Gasteiger partial charge is 0.268 e. The van der Waals surface area contributed by atoms with Crippen molar-refractivity contribution in [3.63, 3.8) is 0 Å². The van der Waals surface area contributed by atoms with E-state index in [1.807, 2.05) is 67.6 Å². The van der Waals surface area contributed by atoms with Gasteiger partial charge in [0, 0.05) is 15.6 Å². The molecule has 1 aliphatic heterocycles. The van der Waals surface area contributed by atoms with Crippen LogP contribution in [-0.4, -0.2) is 26.4 Å². The lowest BCUT2D eigenvalue weighted by atomic mass is 10.1. The first-order chi connectivity index (χ1) is 23.2. The van der Waals surface area contributed by atoms with E-state index in [-0.39, 0.29) is 11.1 Å². The summed E-state index contributed by atoms with van der Waals surface area (Å²) in [6.45, 7) is 1.99. The van der Waals surface area contributed by atoms with Crippen molar-refractivity contribution in [3.05, 3.63) is 169 Å². The molecule has 2 heterocycles. The molecule has 10 heteroatoms. The van der Waals surface area contributed by atoms with E-state index in [1.54, 1.807) is 59.2 Å². The molecule has 0 aliphatic carbocycles. The lowest BCUT2D eigenvalue weighted by Gasteiger charge is -2.24. The van der Waals surface area contributed by atoms with E-state index in [1.165, 1.54) is 28.9 Å². The zero-order valence-corrected chi connectivity index (χ0v) is 27.8. The van der Waals surface area contributed by atoms with Crippen molar-refractivity contribution in [3.8, 4) is 17.1 Å². The average Bonchev–Trinajstić information content (AvgIpc) is 3.40. The molecule has 1 unspecified atom stereocenters. The number of fused-ring (bicyclic) bond motifs is 1. The van der Waals surface area contributed by atoms with Crippen LogP contribution in [0.1, 0.15) is 32.4 Å². The highest BCUT2D eigenvalue weighted by atomic mass is 79.9. The first-order valence-corrected chi connectivity index (χ1v) is 16.7. The van der Waals surface area contributed by atoms with E-state index in [0.29, 0.717) is 32.9 Å². The monoisotopic (exact) mass is 716 g/mol. The molecule has 0 spiro atoms. The highest BCUT2D eigenvalue weighted by Gasteiger charge is 2.38. The van der Waals surface area contributed by atoms with Gasteiger partial charge < -0.3 is 0 Å². The quantitative estimate of drug-likeness (QED) is 0.176. The number of hydrazine groups is 1. The number of hydrogen-bond acceptors (Lipinski definition) is 5. The standard InChI is InChI=1S/C38H26BrFN4O3S/c1-23-6-10-25(11-7-23)34-41-32-5-3-2-4-31(32)36(46)43(34)30-20-14-26(15-21-30)35(45)42-44-37(47)33(22-24-8-16-28(39)17-9-24)48-38(44)27-12-18-29(40)19-13-27/h2-22,38H,1H3,(H,42,45)/b33-22-. The van der Waals surface area contributed by atoms with Crippen LogP contribution >= 0.6 is 27.7 Å². The van der Waals surface area contributed by atoms with Crippen LogP contribution in [0.3, 0.4) is 0 Å². The van der Waals surface area contributed by atoms with E-state index in [2.05, 4.69) is 21.4 Å². The molecule has 5 aromatic carbocycles. The second kappa shape index (κ2) is 13.1. The van der Waals surface area contributed by atoms with Crippen molar-refractivity contribution in [2.75, 3.05) is 0 Å². The maximum absolute atomic E-state index is 13.8. The number of carbonyl (C=O) groups excluding carboxylic acids is 2. The van der Waals surface area contributed by atoms with Crippen molar-refractivity contribution in [2.45, 2.75) is 12.3 Å². The van der Waals surface area contributed by atoms with Gasteiger partial charge in [0.25, 0.3) is 17.4 Å². The molecule has 0 radical (unpaired) electrons. The number of aromatic nitrogens is 2. The van der Waals surface area contributed by atoms with Gasteiger partial charge in [-0.05, 0) is 84.8 Å². The molecule has 7 nitrogen and oxygen atoms in total. The SMILES string of the molecule is Cc1ccc(-c2nc3ccccc3c(=O)n2-c2ccc(C(=O)NN3C(=O)/C(=C/c4ccc(Br)cc4)SC3c3ccc(F)cc3)cc2)cc1. The Labute approximate surface area is 287 Å². The van der Waals surface area contributed by atoms with Crippen LogP contribution in [0.2, 0.25) is 0 Å². The number of halogens is 2. The van der Waals surface area contributed by atoms with Crippen molar-refractivity contribution >= 4 is 56.5 Å². The third-order valence-corrected chi connectivity index (χ3v) is 9.70. The average molecular weight is 718 g/mol. The third kappa shape index (κ3) is 6.20. The molecule has 1 N–H and O–H groups in total. The Balaban J connectivity index is 1.21. The van der Waals surface area contributed by atoms with Gasteiger partial charge in [-0.15, -0.1) is 0 Å². The summed E-state index contributed by atoms with van der Waals surface area (Å²) in [7, 11) is 0. The fourth-order valence-corrected chi connectivity index (χ4v) is 6.87. The molecule has 48 heavy (non-hydrogen) atoms. The van der Waals surface area contributed by atoms with Gasteiger partial charge in [-0.3, -0.25) is 24.4 Å². The van der Waals surface area contributed by atoms with Gasteiger partial charge in [-0.1, -0.05) is 93.9 Å². The number of para-hydroxylation sites is 1. The molecule has 236 valence electrons. The number of benzene rings is 5. The summed E-state index contributed by atoms with van der Waals surface area (Å²) in [5.74, 6) is -0.836. The zero-order valence-electron chi connectivity index (χ0n) is 25.4. The lowest BCUT2D eigenvalue weighted by molar-refractivity contribution is -0.128. The number of nitrogens with one attached hydrogen (secondary N) is 1. The highest BCUT2D eigenvalue weighted by Crippen LogP contribution is 2.45. The summed E-state index contributed by atoms with van der Waals surface area (Å²) < 4.78 is 16.2. The highest BCUT2D eigenvalue weighted by molar-refractivity contribution is 9.10. The Hall–Kier alpha value is -5.32. The zero-order chi connectivity index (χ0) is 33.4. The van der Waals surface area contributed by atoms with Crippen molar-refractivity contribution in [2.24, 2.45) is 0 Å². The van der Waals surface area contributed by atoms with E-state index in [4.69, 9.17) is 4.98 Å². The van der Waals surface area contributed by atoms with Gasteiger partial charge in [0.15, 0.2) is 0 Å². The van der Waals surface area contributed by atoms with E-state index >= 15 is 0 Å². The number of carbonyl (C=O) groups is 2. The number of amides is 2. The predicted molar refractivity (Wildman–Crippen MR) is 191 cm³/mol. The van der Waals surface area contributed by atoms with Crippen LogP contribution in [0.4, 0.5) is 4.39 Å². The largest absolute Gasteiger partial charge is 0.280 e. The van der Waals surface area contributed by atoms with Crippen LogP contribution in [0.25, 0.3) is 34.1 Å². The van der Waals surface area contributed by atoms with Crippen molar-refractivity contribution < 1.29 is 14.0 Å². The first kappa shape index (κ1) is 31.3. The Kier molecular flexibility index (Phi) is 8.51. The third-order valence-electron chi connectivity index (χ3n) is 7.92. The Bertz CT molecular complexity index is 2270. The second-order valence-corrected chi connectivity index (χ2v) is 13.2. The Morgan fingerprint density at radius 2 is 1.56 bits per heavy atom. The van der Waals surface area contributed by atoms with Gasteiger partial charge in [-0.2, -0.15) is 0 Å². The van der Waals surface area contributed by atoms with Crippen LogP contribution < -0.4 is 11.0 Å². The normalized spacial score (nSPS) is 15.3. The fourth-order valence-electron chi connectivity index (χ4n) is 5.41. The fraction of sp³-hybridized carbons (Fsp3) is 0.0526. The van der Waals surface area contributed by atoms with Crippen molar-refractivity contribution in [1.82, 2.24) is 20.0 Å². The van der Waals surface area contributed by atoms with Gasteiger partial charge in [0.05, 0.1) is 21.5 Å². The van der Waals surface area contributed by atoms with Gasteiger partial charge in [0.2, 0.25) is 0 Å². The molecule has 7 rings (SSSR count). The number of rotatable bonds is 6. The maximum atomic E-state index is 13.8. The Morgan fingerprint density at radius 1 is 0.875 bits per heavy atom. The van der Waals surface area contributed by atoms with E-state index in [0.717, 1.165) is 21.2 Å². The summed E-state index contributed by atoms with van der Waals surface area (Å²) in [6.07, 6.45) is 1.76.